The summed E-state index contributed by atoms with van der Waals surface area (Å²) in [4.78, 5) is 26.1. The fourth-order valence-corrected chi connectivity index (χ4v) is 6.06. The highest BCUT2D eigenvalue weighted by molar-refractivity contribution is 7.99. The van der Waals surface area contributed by atoms with Crippen molar-refractivity contribution in [1.82, 2.24) is 9.62 Å². The van der Waals surface area contributed by atoms with Crippen LogP contribution in [0.3, 0.4) is 0 Å². The van der Waals surface area contributed by atoms with Crippen LogP contribution in [0, 0.1) is 12.8 Å². The molecule has 0 saturated carbocycles. The molecule has 31 heavy (non-hydrogen) atoms. The van der Waals surface area contributed by atoms with Crippen molar-refractivity contribution in [3.8, 4) is 0 Å². The molecule has 3 atom stereocenters. The minimum atomic E-state index is -3.84. The first-order valence-corrected chi connectivity index (χ1v) is 13.2. The number of sulfonamides is 1. The van der Waals surface area contributed by atoms with Gasteiger partial charge in [-0.1, -0.05) is 38.0 Å². The molecule has 0 radical (unpaired) electrons. The molecule has 174 valence electrons. The van der Waals surface area contributed by atoms with Crippen molar-refractivity contribution in [1.29, 1.82) is 0 Å². The van der Waals surface area contributed by atoms with Gasteiger partial charge < -0.3 is 10.1 Å². The Labute approximate surface area is 190 Å². The van der Waals surface area contributed by atoms with Crippen molar-refractivity contribution in [3.63, 3.8) is 0 Å². The van der Waals surface area contributed by atoms with Gasteiger partial charge in [0.15, 0.2) is 0 Å². The van der Waals surface area contributed by atoms with E-state index < -0.39 is 39.6 Å². The number of hydrogen-bond acceptors (Lipinski definition) is 6. The number of thioether (sulfide) groups is 1. The van der Waals surface area contributed by atoms with Gasteiger partial charge in [0, 0.05) is 18.1 Å². The lowest BCUT2D eigenvalue weighted by atomic mass is 9.98. The molecular formula is C22H34N2O5S2. The summed E-state index contributed by atoms with van der Waals surface area (Å²) in [6, 6.07) is 4.87. The number of ether oxygens (including phenoxy) is 1. The van der Waals surface area contributed by atoms with E-state index in [0.717, 1.165) is 5.56 Å². The fraction of sp³-hybridized carbons (Fsp3) is 0.636. The van der Waals surface area contributed by atoms with Crippen LogP contribution in [0.5, 0.6) is 0 Å². The van der Waals surface area contributed by atoms with Gasteiger partial charge in [-0.05, 0) is 45.7 Å². The van der Waals surface area contributed by atoms with Crippen molar-refractivity contribution in [2.45, 2.75) is 70.5 Å². The molecule has 1 amide bonds. The topological polar surface area (TPSA) is 92.8 Å². The number of carbonyl (C=O) groups excluding carboxylic acids is 2. The van der Waals surface area contributed by atoms with Gasteiger partial charge >= 0.3 is 5.97 Å². The van der Waals surface area contributed by atoms with Crippen LogP contribution in [-0.4, -0.2) is 60.3 Å². The number of rotatable bonds is 7. The highest BCUT2D eigenvalue weighted by atomic mass is 32.2. The predicted octanol–water partition coefficient (Wildman–Crippen LogP) is 2.97. The zero-order valence-electron chi connectivity index (χ0n) is 19.2. The maximum Gasteiger partial charge on any atom is 0.329 e. The molecule has 0 bridgehead atoms. The monoisotopic (exact) mass is 470 g/mol. The lowest BCUT2D eigenvalue weighted by molar-refractivity contribution is -0.160. The molecule has 0 aromatic heterocycles. The molecule has 1 saturated heterocycles. The summed E-state index contributed by atoms with van der Waals surface area (Å²) in [5.41, 5.74) is 0.269. The molecule has 1 N–H and O–H groups in total. The number of benzene rings is 1. The maximum atomic E-state index is 13.3. The van der Waals surface area contributed by atoms with Crippen LogP contribution in [0.25, 0.3) is 0 Å². The number of esters is 1. The Kier molecular flexibility index (Phi) is 8.58. The van der Waals surface area contributed by atoms with E-state index in [0.29, 0.717) is 17.9 Å². The molecule has 1 aromatic carbocycles. The number of amides is 1. The minimum Gasteiger partial charge on any atom is -0.458 e. The Bertz CT molecular complexity index is 878. The van der Waals surface area contributed by atoms with Crippen LogP contribution in [0.15, 0.2) is 29.2 Å². The van der Waals surface area contributed by atoms with Gasteiger partial charge in [0.25, 0.3) is 0 Å². The molecular weight excluding hydrogens is 436 g/mol. The summed E-state index contributed by atoms with van der Waals surface area (Å²) < 4.78 is 33.3. The molecule has 1 aliphatic rings. The van der Waals surface area contributed by atoms with Crippen molar-refractivity contribution in [2.24, 2.45) is 5.92 Å². The van der Waals surface area contributed by atoms with Gasteiger partial charge in [-0.25, -0.2) is 13.2 Å². The van der Waals surface area contributed by atoms with Gasteiger partial charge in [-0.2, -0.15) is 16.1 Å². The van der Waals surface area contributed by atoms with Gasteiger partial charge in [-0.15, -0.1) is 0 Å². The molecule has 7 nitrogen and oxygen atoms in total. The molecule has 2 rings (SSSR count). The average molecular weight is 471 g/mol. The highest BCUT2D eigenvalue weighted by Gasteiger charge is 2.40. The largest absolute Gasteiger partial charge is 0.458 e. The van der Waals surface area contributed by atoms with E-state index in [1.54, 1.807) is 45.0 Å². The Morgan fingerprint density at radius 3 is 2.42 bits per heavy atom. The quantitative estimate of drug-likeness (QED) is 0.616. The third-order valence-corrected chi connectivity index (χ3v) is 8.13. The molecule has 9 heteroatoms. The average Bonchev–Trinajstić information content (AvgIpc) is 2.70. The van der Waals surface area contributed by atoms with Crippen molar-refractivity contribution >= 4 is 33.7 Å². The number of aryl methyl sites for hydroxylation is 1. The smallest absolute Gasteiger partial charge is 0.329 e. The van der Waals surface area contributed by atoms with E-state index >= 15 is 0 Å². The lowest BCUT2D eigenvalue weighted by Crippen LogP contribution is -2.58. The highest BCUT2D eigenvalue weighted by Crippen LogP contribution is 2.26. The van der Waals surface area contributed by atoms with E-state index in [1.165, 1.54) is 16.1 Å². The van der Waals surface area contributed by atoms with E-state index in [2.05, 4.69) is 5.32 Å². The zero-order valence-corrected chi connectivity index (χ0v) is 20.8. The van der Waals surface area contributed by atoms with Gasteiger partial charge in [0.2, 0.25) is 15.9 Å². The Balaban J connectivity index is 2.27. The van der Waals surface area contributed by atoms with Crippen LogP contribution in [0.1, 0.15) is 46.6 Å². The Morgan fingerprint density at radius 2 is 1.87 bits per heavy atom. The summed E-state index contributed by atoms with van der Waals surface area (Å²) in [6.45, 7) is 11.2. The van der Waals surface area contributed by atoms with Crippen molar-refractivity contribution in [3.05, 3.63) is 29.8 Å². The number of carbonyl (C=O) groups is 2. The first-order valence-electron chi connectivity index (χ1n) is 10.6. The van der Waals surface area contributed by atoms with Crippen LogP contribution in [0.2, 0.25) is 0 Å². The summed E-state index contributed by atoms with van der Waals surface area (Å²) in [5, 5.41) is 2.79. The number of nitrogens with one attached hydrogen (secondary N) is 1. The standard InChI is InChI=1S/C22H34N2O5S2/c1-7-16(3)19(21(26)29-22(4,5)6)23-20(25)18-14-30-13-12-24(18)31(27,28)17-10-8-15(2)9-11-17/h8-11,16,18-19H,7,12-14H2,1-6H3,(H,23,25)/t16?,18-,19-/m0/s1. The van der Waals surface area contributed by atoms with E-state index in [9.17, 15) is 18.0 Å². The second-order valence-corrected chi connectivity index (χ2v) is 12.0. The predicted molar refractivity (Wildman–Crippen MR) is 123 cm³/mol. The third kappa shape index (κ3) is 6.70. The van der Waals surface area contributed by atoms with Crippen LogP contribution in [-0.2, 0) is 24.3 Å². The zero-order chi connectivity index (χ0) is 23.4. The lowest BCUT2D eigenvalue weighted by Gasteiger charge is -2.35. The SMILES string of the molecule is CCC(C)[C@H](NC(=O)[C@@H]1CSCCN1S(=O)(=O)c1ccc(C)cc1)C(=O)OC(C)(C)C. The van der Waals surface area contributed by atoms with Gasteiger partial charge in [-0.3, -0.25) is 4.79 Å². The van der Waals surface area contributed by atoms with E-state index in [-0.39, 0.29) is 17.4 Å². The third-order valence-electron chi connectivity index (χ3n) is 5.18. The van der Waals surface area contributed by atoms with Crippen molar-refractivity contribution in [2.75, 3.05) is 18.1 Å². The number of hydrogen-bond donors (Lipinski definition) is 1. The second kappa shape index (κ2) is 10.4. The first-order chi connectivity index (χ1) is 14.4. The summed E-state index contributed by atoms with van der Waals surface area (Å²) >= 11 is 1.53. The molecule has 0 aliphatic carbocycles. The summed E-state index contributed by atoms with van der Waals surface area (Å²) in [6.07, 6.45) is 0.662. The van der Waals surface area contributed by atoms with E-state index in [1.807, 2.05) is 20.8 Å². The fourth-order valence-electron chi connectivity index (χ4n) is 3.21. The first kappa shape index (κ1) is 25.7. The second-order valence-electron chi connectivity index (χ2n) is 8.92. The Morgan fingerprint density at radius 1 is 1.26 bits per heavy atom. The van der Waals surface area contributed by atoms with Crippen LogP contribution < -0.4 is 5.32 Å². The summed E-state index contributed by atoms with van der Waals surface area (Å²) in [5.74, 6) is -0.198. The molecule has 1 unspecified atom stereocenters. The maximum absolute atomic E-state index is 13.3. The molecule has 1 fully saturated rings. The minimum absolute atomic E-state index is 0.155. The molecule has 0 spiro atoms. The molecule has 1 aliphatic heterocycles. The summed E-state index contributed by atoms with van der Waals surface area (Å²) in [7, 11) is -3.84. The van der Waals surface area contributed by atoms with Crippen molar-refractivity contribution < 1.29 is 22.7 Å². The Hall–Kier alpha value is -1.58. The van der Waals surface area contributed by atoms with E-state index in [4.69, 9.17) is 4.74 Å². The molecule has 1 aromatic rings. The van der Waals surface area contributed by atoms with Crippen LogP contribution >= 0.6 is 11.8 Å². The normalized spacial score (nSPS) is 20.0. The van der Waals surface area contributed by atoms with Gasteiger partial charge in [0.1, 0.15) is 17.7 Å². The number of nitrogens with zero attached hydrogens (tertiary/aromatic N) is 1. The molecule has 1 heterocycles. The van der Waals surface area contributed by atoms with Gasteiger partial charge in [0.05, 0.1) is 4.90 Å². The van der Waals surface area contributed by atoms with Crippen LogP contribution in [0.4, 0.5) is 0 Å².